The summed E-state index contributed by atoms with van der Waals surface area (Å²) in [6, 6.07) is 3.98. The maximum Gasteiger partial charge on any atom is 0.389 e. The molecule has 0 spiro atoms. The fraction of sp³-hybridized carbons (Fsp3) is 0.688. The van der Waals surface area contributed by atoms with Crippen LogP contribution in [0.2, 0.25) is 4.34 Å². The summed E-state index contributed by atoms with van der Waals surface area (Å²) in [6.07, 6.45) is -4.16. The van der Waals surface area contributed by atoms with E-state index >= 15 is 0 Å². The number of rotatable bonds is 6. The third-order valence-corrected chi connectivity index (χ3v) is 5.28. The van der Waals surface area contributed by atoms with Crippen molar-refractivity contribution in [2.24, 2.45) is 4.99 Å². The molecule has 1 aliphatic heterocycles. The van der Waals surface area contributed by atoms with Gasteiger partial charge in [0.05, 0.1) is 4.34 Å². The lowest BCUT2D eigenvalue weighted by atomic mass is 10.2. The molecular formula is C16H25ClF3IN4S. The van der Waals surface area contributed by atoms with Gasteiger partial charge in [-0.1, -0.05) is 11.6 Å². The van der Waals surface area contributed by atoms with E-state index in [9.17, 15) is 13.2 Å². The standard InChI is InChI=1S/C16H24ClF3N4S.HI/c1-21-15(22-7-3-2-6-16(18,19)20)24-10-8-23(9-11-24)12-13-4-5-14(17)25-13;/h4-5H,2-3,6-12H2,1H3,(H,21,22);1H. The minimum absolute atomic E-state index is 0. The van der Waals surface area contributed by atoms with Gasteiger partial charge in [-0.15, -0.1) is 35.3 Å². The Bertz CT molecular complexity index is 560. The molecule has 4 nitrogen and oxygen atoms in total. The van der Waals surface area contributed by atoms with E-state index in [1.807, 2.05) is 6.07 Å². The predicted molar refractivity (Wildman–Crippen MR) is 113 cm³/mol. The summed E-state index contributed by atoms with van der Waals surface area (Å²) in [5.41, 5.74) is 0. The zero-order chi connectivity index (χ0) is 18.3. The van der Waals surface area contributed by atoms with Crippen molar-refractivity contribution in [1.82, 2.24) is 15.1 Å². The molecule has 1 N–H and O–H groups in total. The van der Waals surface area contributed by atoms with Crippen LogP contribution in [-0.2, 0) is 6.54 Å². The van der Waals surface area contributed by atoms with Gasteiger partial charge in [-0.3, -0.25) is 9.89 Å². The normalized spacial score (nSPS) is 16.5. The number of piperazine rings is 1. The Morgan fingerprint density at radius 3 is 2.46 bits per heavy atom. The molecule has 0 radical (unpaired) electrons. The summed E-state index contributed by atoms with van der Waals surface area (Å²) in [4.78, 5) is 10.0. The maximum atomic E-state index is 12.1. The summed E-state index contributed by atoms with van der Waals surface area (Å²) in [5, 5.41) is 3.17. The van der Waals surface area contributed by atoms with Crippen LogP contribution in [0.5, 0.6) is 0 Å². The van der Waals surface area contributed by atoms with Crippen LogP contribution in [0.15, 0.2) is 17.1 Å². The largest absolute Gasteiger partial charge is 0.389 e. The minimum Gasteiger partial charge on any atom is -0.356 e. The molecule has 1 aromatic rings. The number of alkyl halides is 3. The van der Waals surface area contributed by atoms with Gasteiger partial charge in [0.25, 0.3) is 0 Å². The van der Waals surface area contributed by atoms with Crippen LogP contribution < -0.4 is 5.32 Å². The zero-order valence-electron chi connectivity index (χ0n) is 14.7. The summed E-state index contributed by atoms with van der Waals surface area (Å²) >= 11 is 7.57. The second kappa shape index (κ2) is 11.6. The maximum absolute atomic E-state index is 12.1. The van der Waals surface area contributed by atoms with Crippen molar-refractivity contribution in [3.63, 3.8) is 0 Å². The number of nitrogens with zero attached hydrogens (tertiary/aromatic N) is 3. The molecule has 0 amide bonds. The second-order valence-corrected chi connectivity index (χ2v) is 7.81. The van der Waals surface area contributed by atoms with E-state index in [2.05, 4.69) is 26.2 Å². The summed E-state index contributed by atoms with van der Waals surface area (Å²) in [7, 11) is 1.71. The Morgan fingerprint density at radius 2 is 1.92 bits per heavy atom. The van der Waals surface area contributed by atoms with Crippen molar-refractivity contribution < 1.29 is 13.2 Å². The highest BCUT2D eigenvalue weighted by Crippen LogP contribution is 2.23. The molecule has 1 aliphatic rings. The first-order valence-corrected chi connectivity index (χ1v) is 9.56. The Balaban J connectivity index is 0.00000338. The number of halogens is 5. The lowest BCUT2D eigenvalue weighted by molar-refractivity contribution is -0.135. The fourth-order valence-electron chi connectivity index (χ4n) is 2.76. The van der Waals surface area contributed by atoms with Gasteiger partial charge >= 0.3 is 6.18 Å². The van der Waals surface area contributed by atoms with Crippen molar-refractivity contribution >= 4 is 52.9 Å². The SMILES string of the molecule is CN=C(NCCCCC(F)(F)F)N1CCN(Cc2ccc(Cl)s2)CC1.I. The average molecular weight is 525 g/mol. The highest BCUT2D eigenvalue weighted by atomic mass is 127. The molecule has 1 aromatic heterocycles. The second-order valence-electron chi connectivity index (χ2n) is 6.02. The Kier molecular flexibility index (Phi) is 10.6. The molecule has 0 aromatic carbocycles. The number of guanidine groups is 1. The number of hydrogen-bond donors (Lipinski definition) is 1. The van der Waals surface area contributed by atoms with Gasteiger partial charge in [0.2, 0.25) is 0 Å². The molecular weight excluding hydrogens is 500 g/mol. The molecule has 1 fully saturated rings. The Labute approximate surface area is 178 Å². The summed E-state index contributed by atoms with van der Waals surface area (Å²) in [5.74, 6) is 0.769. The van der Waals surface area contributed by atoms with E-state index in [0.717, 1.165) is 43.0 Å². The molecule has 26 heavy (non-hydrogen) atoms. The van der Waals surface area contributed by atoms with Crippen molar-refractivity contribution in [3.8, 4) is 0 Å². The number of hydrogen-bond acceptors (Lipinski definition) is 3. The first-order valence-electron chi connectivity index (χ1n) is 8.36. The first kappa shape index (κ1) is 23.8. The highest BCUT2D eigenvalue weighted by molar-refractivity contribution is 14.0. The quantitative estimate of drug-likeness (QED) is 0.258. The zero-order valence-corrected chi connectivity index (χ0v) is 18.6. The molecule has 0 saturated carbocycles. The molecule has 1 saturated heterocycles. The van der Waals surface area contributed by atoms with E-state index in [-0.39, 0.29) is 30.4 Å². The van der Waals surface area contributed by atoms with E-state index in [1.54, 1.807) is 18.4 Å². The molecule has 0 unspecified atom stereocenters. The molecule has 2 heterocycles. The van der Waals surface area contributed by atoms with Crippen LogP contribution in [-0.4, -0.2) is 61.7 Å². The highest BCUT2D eigenvalue weighted by Gasteiger charge is 2.26. The third-order valence-electron chi connectivity index (χ3n) is 4.06. The monoisotopic (exact) mass is 524 g/mol. The van der Waals surface area contributed by atoms with Crippen LogP contribution in [0.1, 0.15) is 24.1 Å². The van der Waals surface area contributed by atoms with Gasteiger partial charge in [-0.05, 0) is 25.0 Å². The number of aliphatic imine (C=N–C) groups is 1. The fourth-order valence-corrected chi connectivity index (χ4v) is 3.89. The van der Waals surface area contributed by atoms with Gasteiger partial charge in [0.1, 0.15) is 0 Å². The van der Waals surface area contributed by atoms with Crippen LogP contribution in [0, 0.1) is 0 Å². The van der Waals surface area contributed by atoms with Crippen molar-refractivity contribution in [2.45, 2.75) is 32.0 Å². The van der Waals surface area contributed by atoms with E-state index < -0.39 is 12.6 Å². The van der Waals surface area contributed by atoms with Gasteiger partial charge in [-0.25, -0.2) is 0 Å². The molecule has 150 valence electrons. The van der Waals surface area contributed by atoms with E-state index in [0.29, 0.717) is 13.0 Å². The molecule has 0 aliphatic carbocycles. The Hall–Kier alpha value is -0.260. The Morgan fingerprint density at radius 1 is 1.23 bits per heavy atom. The van der Waals surface area contributed by atoms with E-state index in [4.69, 9.17) is 11.6 Å². The predicted octanol–water partition coefficient (Wildman–Crippen LogP) is 4.45. The van der Waals surface area contributed by atoms with Crippen LogP contribution in [0.3, 0.4) is 0 Å². The van der Waals surface area contributed by atoms with Crippen LogP contribution in [0.4, 0.5) is 13.2 Å². The lowest BCUT2D eigenvalue weighted by Gasteiger charge is -2.36. The molecule has 0 atom stereocenters. The van der Waals surface area contributed by atoms with Gasteiger partial charge in [0.15, 0.2) is 5.96 Å². The van der Waals surface area contributed by atoms with Crippen molar-refractivity contribution in [1.29, 1.82) is 0 Å². The number of unbranched alkanes of at least 4 members (excludes halogenated alkanes) is 1. The van der Waals surface area contributed by atoms with Crippen LogP contribution >= 0.6 is 46.9 Å². The lowest BCUT2D eigenvalue weighted by Crippen LogP contribution is -2.52. The van der Waals surface area contributed by atoms with Gasteiger partial charge in [-0.2, -0.15) is 13.2 Å². The topological polar surface area (TPSA) is 30.9 Å². The minimum atomic E-state index is -4.06. The molecule has 0 bridgehead atoms. The van der Waals surface area contributed by atoms with E-state index in [1.165, 1.54) is 4.88 Å². The van der Waals surface area contributed by atoms with Crippen LogP contribution in [0.25, 0.3) is 0 Å². The molecule has 10 heteroatoms. The van der Waals surface area contributed by atoms with Gasteiger partial charge < -0.3 is 10.2 Å². The average Bonchev–Trinajstić information content (AvgIpc) is 2.96. The molecule has 2 rings (SSSR count). The third kappa shape index (κ3) is 8.62. The van der Waals surface area contributed by atoms with Crippen molar-refractivity contribution in [2.75, 3.05) is 39.8 Å². The summed E-state index contributed by atoms with van der Waals surface area (Å²) in [6.45, 7) is 4.95. The summed E-state index contributed by atoms with van der Waals surface area (Å²) < 4.78 is 37.2. The van der Waals surface area contributed by atoms with Gasteiger partial charge in [0, 0.05) is 57.6 Å². The number of thiophene rings is 1. The smallest absolute Gasteiger partial charge is 0.356 e. The first-order chi connectivity index (χ1) is 11.9. The van der Waals surface area contributed by atoms with Crippen molar-refractivity contribution in [3.05, 3.63) is 21.3 Å². The number of nitrogens with one attached hydrogen (secondary N) is 1.